The van der Waals surface area contributed by atoms with Gasteiger partial charge in [-0.3, -0.25) is 0 Å². The molecule has 0 aliphatic heterocycles. The van der Waals surface area contributed by atoms with Crippen molar-refractivity contribution in [1.29, 1.82) is 0 Å². The molecule has 1 N–H and O–H groups in total. The van der Waals surface area contributed by atoms with E-state index in [1.807, 2.05) is 19.9 Å². The van der Waals surface area contributed by atoms with Gasteiger partial charge in [-0.25, -0.2) is 4.79 Å². The Morgan fingerprint density at radius 2 is 2.17 bits per heavy atom. The summed E-state index contributed by atoms with van der Waals surface area (Å²) < 4.78 is 5.30. The number of halogens is 1. The van der Waals surface area contributed by atoms with E-state index in [0.717, 1.165) is 23.1 Å². The first-order chi connectivity index (χ1) is 8.49. The average Bonchev–Trinajstić information content (AvgIpc) is 2.31. The zero-order chi connectivity index (χ0) is 13.7. The second-order valence-corrected chi connectivity index (χ2v) is 4.47. The SMILES string of the molecule is CCC/C(=C\C(=O)O)c1cc(Cl)c(C)cc1OC. The number of hydrogen-bond donors (Lipinski definition) is 1. The lowest BCUT2D eigenvalue weighted by atomic mass is 9.98. The van der Waals surface area contributed by atoms with Crippen LogP contribution < -0.4 is 4.74 Å². The van der Waals surface area contributed by atoms with Crippen LogP contribution in [0, 0.1) is 6.92 Å². The molecule has 0 aliphatic carbocycles. The number of aliphatic carboxylic acids is 1. The minimum Gasteiger partial charge on any atom is -0.496 e. The normalized spacial score (nSPS) is 11.4. The molecule has 1 rings (SSSR count). The van der Waals surface area contributed by atoms with Gasteiger partial charge in [0.25, 0.3) is 0 Å². The van der Waals surface area contributed by atoms with E-state index in [9.17, 15) is 4.79 Å². The number of allylic oxidation sites excluding steroid dienone is 1. The lowest BCUT2D eigenvalue weighted by Crippen LogP contribution is -1.97. The number of hydrogen-bond acceptors (Lipinski definition) is 2. The van der Waals surface area contributed by atoms with Gasteiger partial charge in [-0.2, -0.15) is 0 Å². The Hall–Kier alpha value is -1.48. The highest BCUT2D eigenvalue weighted by atomic mass is 35.5. The molecule has 0 atom stereocenters. The molecular weight excluding hydrogens is 252 g/mol. The highest BCUT2D eigenvalue weighted by molar-refractivity contribution is 6.31. The first-order valence-electron chi connectivity index (χ1n) is 5.77. The first-order valence-corrected chi connectivity index (χ1v) is 6.15. The fraction of sp³-hybridized carbons (Fsp3) is 0.357. The zero-order valence-electron chi connectivity index (χ0n) is 10.8. The van der Waals surface area contributed by atoms with E-state index in [-0.39, 0.29) is 0 Å². The number of aryl methyl sites for hydroxylation is 1. The van der Waals surface area contributed by atoms with Gasteiger partial charge >= 0.3 is 5.97 Å². The Morgan fingerprint density at radius 3 is 2.67 bits per heavy atom. The smallest absolute Gasteiger partial charge is 0.328 e. The van der Waals surface area contributed by atoms with Crippen LogP contribution in [0.3, 0.4) is 0 Å². The Morgan fingerprint density at radius 1 is 1.50 bits per heavy atom. The van der Waals surface area contributed by atoms with E-state index in [2.05, 4.69) is 0 Å². The largest absolute Gasteiger partial charge is 0.496 e. The molecule has 1 aromatic rings. The third-order valence-corrected chi connectivity index (χ3v) is 3.05. The number of carboxylic acids is 1. The molecule has 0 amide bonds. The van der Waals surface area contributed by atoms with Crippen LogP contribution in [-0.2, 0) is 4.79 Å². The van der Waals surface area contributed by atoms with Gasteiger partial charge in [-0.1, -0.05) is 24.9 Å². The monoisotopic (exact) mass is 268 g/mol. The van der Waals surface area contributed by atoms with Crippen molar-refractivity contribution in [2.75, 3.05) is 7.11 Å². The number of ether oxygens (including phenoxy) is 1. The molecule has 0 aliphatic rings. The molecule has 3 nitrogen and oxygen atoms in total. The molecule has 0 unspecified atom stereocenters. The van der Waals surface area contributed by atoms with Gasteiger partial charge in [0.1, 0.15) is 5.75 Å². The van der Waals surface area contributed by atoms with Crippen molar-refractivity contribution in [2.24, 2.45) is 0 Å². The molecule has 1 aromatic carbocycles. The summed E-state index contributed by atoms with van der Waals surface area (Å²) in [5, 5.41) is 9.52. The number of methoxy groups -OCH3 is 1. The van der Waals surface area contributed by atoms with Gasteiger partial charge in [-0.05, 0) is 36.6 Å². The lowest BCUT2D eigenvalue weighted by molar-refractivity contribution is -0.131. The predicted octanol–water partition coefficient (Wildman–Crippen LogP) is 3.93. The summed E-state index contributed by atoms with van der Waals surface area (Å²) in [6.45, 7) is 3.88. The van der Waals surface area contributed by atoms with Crippen molar-refractivity contribution in [3.63, 3.8) is 0 Å². The van der Waals surface area contributed by atoms with Crippen molar-refractivity contribution in [3.8, 4) is 5.75 Å². The Bertz CT molecular complexity index is 478. The summed E-state index contributed by atoms with van der Waals surface area (Å²) in [7, 11) is 1.57. The van der Waals surface area contributed by atoms with E-state index in [1.165, 1.54) is 6.08 Å². The number of rotatable bonds is 5. The topological polar surface area (TPSA) is 46.5 Å². The molecule has 0 bridgehead atoms. The molecule has 0 saturated carbocycles. The molecule has 0 fully saturated rings. The Balaban J connectivity index is 3.35. The van der Waals surface area contributed by atoms with Crippen LogP contribution >= 0.6 is 11.6 Å². The van der Waals surface area contributed by atoms with E-state index < -0.39 is 5.97 Å². The van der Waals surface area contributed by atoms with Crippen molar-refractivity contribution >= 4 is 23.1 Å². The maximum atomic E-state index is 10.9. The van der Waals surface area contributed by atoms with Gasteiger partial charge in [-0.15, -0.1) is 0 Å². The zero-order valence-corrected chi connectivity index (χ0v) is 11.5. The number of carbonyl (C=O) groups is 1. The molecule has 0 radical (unpaired) electrons. The molecular formula is C14H17ClO3. The third-order valence-electron chi connectivity index (χ3n) is 2.64. The quantitative estimate of drug-likeness (QED) is 0.823. The van der Waals surface area contributed by atoms with Crippen LogP contribution in [0.15, 0.2) is 18.2 Å². The first kappa shape index (κ1) is 14.6. The summed E-state index contributed by atoms with van der Waals surface area (Å²) in [6.07, 6.45) is 2.74. The van der Waals surface area contributed by atoms with Gasteiger partial charge in [0.2, 0.25) is 0 Å². The molecule has 0 aromatic heterocycles. The second-order valence-electron chi connectivity index (χ2n) is 4.06. The van der Waals surface area contributed by atoms with E-state index >= 15 is 0 Å². The standard InChI is InChI=1S/C14H17ClO3/c1-4-5-10(7-14(16)17)11-8-12(15)9(2)6-13(11)18-3/h6-8H,4-5H2,1-3H3,(H,16,17)/b10-7+. The van der Waals surface area contributed by atoms with Crippen molar-refractivity contribution in [3.05, 3.63) is 34.4 Å². The molecule has 0 heterocycles. The molecule has 0 spiro atoms. The second kappa shape index (κ2) is 6.45. The summed E-state index contributed by atoms with van der Waals surface area (Å²) in [5.74, 6) is -0.310. The fourth-order valence-electron chi connectivity index (χ4n) is 1.78. The van der Waals surface area contributed by atoms with E-state index in [0.29, 0.717) is 17.2 Å². The minimum atomic E-state index is -0.961. The molecule has 18 heavy (non-hydrogen) atoms. The van der Waals surface area contributed by atoms with E-state index in [4.69, 9.17) is 21.4 Å². The van der Waals surface area contributed by atoms with Crippen LogP contribution in [0.4, 0.5) is 0 Å². The highest BCUT2D eigenvalue weighted by Gasteiger charge is 2.12. The minimum absolute atomic E-state index is 0.609. The summed E-state index contributed by atoms with van der Waals surface area (Å²) in [6, 6.07) is 3.59. The van der Waals surface area contributed by atoms with Crippen LogP contribution in [0.1, 0.15) is 30.9 Å². The molecule has 4 heteroatoms. The van der Waals surface area contributed by atoms with Gasteiger partial charge < -0.3 is 9.84 Å². The predicted molar refractivity (Wildman–Crippen MR) is 73.3 cm³/mol. The third kappa shape index (κ3) is 3.50. The number of carboxylic acid groups (broad SMARTS) is 1. The van der Waals surface area contributed by atoms with Crippen molar-refractivity contribution < 1.29 is 14.6 Å². The van der Waals surface area contributed by atoms with Crippen LogP contribution in [0.5, 0.6) is 5.75 Å². The van der Waals surface area contributed by atoms with Gasteiger partial charge in [0.05, 0.1) is 7.11 Å². The summed E-state index contributed by atoms with van der Waals surface area (Å²) in [4.78, 5) is 10.9. The van der Waals surface area contributed by atoms with Gasteiger partial charge in [0, 0.05) is 16.7 Å². The summed E-state index contributed by atoms with van der Waals surface area (Å²) in [5.41, 5.74) is 2.38. The van der Waals surface area contributed by atoms with Crippen LogP contribution in [-0.4, -0.2) is 18.2 Å². The summed E-state index contributed by atoms with van der Waals surface area (Å²) >= 11 is 6.09. The van der Waals surface area contributed by atoms with Crippen LogP contribution in [0.25, 0.3) is 5.57 Å². The number of benzene rings is 1. The average molecular weight is 269 g/mol. The van der Waals surface area contributed by atoms with Gasteiger partial charge in [0.15, 0.2) is 0 Å². The Labute approximate surface area is 112 Å². The van der Waals surface area contributed by atoms with Crippen LogP contribution in [0.2, 0.25) is 5.02 Å². The van der Waals surface area contributed by atoms with Crippen molar-refractivity contribution in [1.82, 2.24) is 0 Å². The molecule has 98 valence electrons. The molecule has 0 saturated heterocycles. The maximum absolute atomic E-state index is 10.9. The maximum Gasteiger partial charge on any atom is 0.328 e. The fourth-order valence-corrected chi connectivity index (χ4v) is 1.94. The Kier molecular flexibility index (Phi) is 5.23. The van der Waals surface area contributed by atoms with E-state index in [1.54, 1.807) is 13.2 Å². The highest BCUT2D eigenvalue weighted by Crippen LogP contribution is 2.33. The van der Waals surface area contributed by atoms with Crippen molar-refractivity contribution in [2.45, 2.75) is 26.7 Å². The lowest BCUT2D eigenvalue weighted by Gasteiger charge is -2.13.